The van der Waals surface area contributed by atoms with Gasteiger partial charge in [0.1, 0.15) is 6.17 Å². The van der Waals surface area contributed by atoms with E-state index in [2.05, 4.69) is 58.8 Å². The molecule has 1 aromatic rings. The van der Waals surface area contributed by atoms with E-state index in [1.165, 1.54) is 11.1 Å². The summed E-state index contributed by atoms with van der Waals surface area (Å²) in [6.45, 7) is 2.48. The van der Waals surface area contributed by atoms with Crippen molar-refractivity contribution < 1.29 is 4.39 Å². The zero-order valence-corrected chi connectivity index (χ0v) is 15.3. The van der Waals surface area contributed by atoms with Crippen molar-refractivity contribution in [2.45, 2.75) is 44.3 Å². The Morgan fingerprint density at radius 3 is 2.72 bits per heavy atom. The van der Waals surface area contributed by atoms with E-state index < -0.39 is 6.17 Å². The Morgan fingerprint density at radius 1 is 1.24 bits per heavy atom. The van der Waals surface area contributed by atoms with Crippen molar-refractivity contribution in [2.75, 3.05) is 26.7 Å². The monoisotopic (exact) mass is 342 g/mol. The average molecular weight is 343 g/mol. The summed E-state index contributed by atoms with van der Waals surface area (Å²) in [5.74, 6) is 0.599. The van der Waals surface area contributed by atoms with Gasteiger partial charge in [0.05, 0.1) is 0 Å². The van der Waals surface area contributed by atoms with Crippen molar-refractivity contribution in [3.8, 4) is 0 Å². The van der Waals surface area contributed by atoms with E-state index in [1.807, 2.05) is 7.05 Å². The number of hydrogen-bond donors (Lipinski definition) is 1. The molecule has 0 aromatic heterocycles. The molecule has 3 atom stereocenters. The van der Waals surface area contributed by atoms with Crippen molar-refractivity contribution in [2.24, 2.45) is 5.92 Å². The Labute approximate surface area is 151 Å². The van der Waals surface area contributed by atoms with Gasteiger partial charge in [-0.05, 0) is 50.6 Å². The minimum atomic E-state index is -0.623. The first-order valence-electron chi connectivity index (χ1n) is 9.68. The fourth-order valence-corrected chi connectivity index (χ4v) is 3.91. The van der Waals surface area contributed by atoms with Crippen LogP contribution in [0.4, 0.5) is 4.39 Å². The van der Waals surface area contributed by atoms with Crippen LogP contribution in [-0.2, 0) is 6.42 Å². The smallest absolute Gasteiger partial charge is 0.114 e. The molecular formula is C22H31FN2. The number of halogens is 1. The SMILES string of the molecule is CNC(CC1C=CC(CCc2ccccc2)=CC1)CN1CCC(F)C1. The molecule has 3 unspecified atom stereocenters. The maximum Gasteiger partial charge on any atom is 0.114 e. The van der Waals surface area contributed by atoms with E-state index in [-0.39, 0.29) is 0 Å². The highest BCUT2D eigenvalue weighted by molar-refractivity contribution is 5.26. The molecule has 1 aliphatic heterocycles. The highest BCUT2D eigenvalue weighted by Crippen LogP contribution is 2.24. The summed E-state index contributed by atoms with van der Waals surface area (Å²) in [5.41, 5.74) is 2.87. The van der Waals surface area contributed by atoms with Gasteiger partial charge in [-0.25, -0.2) is 4.39 Å². The third-order valence-corrected chi connectivity index (χ3v) is 5.50. The quantitative estimate of drug-likeness (QED) is 0.764. The van der Waals surface area contributed by atoms with Crippen LogP contribution in [-0.4, -0.2) is 43.8 Å². The molecule has 0 amide bonds. The van der Waals surface area contributed by atoms with E-state index in [1.54, 1.807) is 0 Å². The number of nitrogens with one attached hydrogen (secondary N) is 1. The van der Waals surface area contributed by atoms with Gasteiger partial charge in [-0.1, -0.05) is 54.1 Å². The molecule has 1 saturated heterocycles. The van der Waals surface area contributed by atoms with Crippen LogP contribution in [0.3, 0.4) is 0 Å². The Bertz CT molecular complexity index is 581. The second kappa shape index (κ2) is 9.30. The molecule has 0 bridgehead atoms. The predicted molar refractivity (Wildman–Crippen MR) is 104 cm³/mol. The van der Waals surface area contributed by atoms with Crippen molar-refractivity contribution >= 4 is 0 Å². The summed E-state index contributed by atoms with van der Waals surface area (Å²) in [5, 5.41) is 3.43. The number of allylic oxidation sites excluding steroid dienone is 4. The van der Waals surface area contributed by atoms with Gasteiger partial charge in [0.15, 0.2) is 0 Å². The lowest BCUT2D eigenvalue weighted by Crippen LogP contribution is -2.39. The van der Waals surface area contributed by atoms with E-state index in [0.29, 0.717) is 24.9 Å². The number of benzene rings is 1. The van der Waals surface area contributed by atoms with Gasteiger partial charge in [-0.3, -0.25) is 4.90 Å². The lowest BCUT2D eigenvalue weighted by atomic mass is 9.89. The molecule has 0 radical (unpaired) electrons. The summed E-state index contributed by atoms with van der Waals surface area (Å²) >= 11 is 0. The second-order valence-corrected chi connectivity index (χ2v) is 7.49. The normalized spacial score (nSPS) is 25.1. The molecule has 25 heavy (non-hydrogen) atoms. The Morgan fingerprint density at radius 2 is 2.08 bits per heavy atom. The molecule has 136 valence electrons. The van der Waals surface area contributed by atoms with E-state index in [4.69, 9.17) is 0 Å². The van der Waals surface area contributed by atoms with Crippen LogP contribution in [0.25, 0.3) is 0 Å². The number of alkyl halides is 1. The number of likely N-dealkylation sites (tertiary alicyclic amines) is 1. The minimum absolute atomic E-state index is 0.444. The molecule has 1 aliphatic carbocycles. The van der Waals surface area contributed by atoms with E-state index >= 15 is 0 Å². The number of hydrogen-bond acceptors (Lipinski definition) is 2. The van der Waals surface area contributed by atoms with E-state index in [9.17, 15) is 4.39 Å². The number of nitrogens with zero attached hydrogens (tertiary/aromatic N) is 1. The second-order valence-electron chi connectivity index (χ2n) is 7.49. The lowest BCUT2D eigenvalue weighted by Gasteiger charge is -2.26. The Kier molecular flexibility index (Phi) is 6.83. The Balaban J connectivity index is 1.41. The number of aryl methyl sites for hydroxylation is 1. The van der Waals surface area contributed by atoms with Crippen LogP contribution in [0.5, 0.6) is 0 Å². The summed E-state index contributed by atoms with van der Waals surface area (Å²) in [4.78, 5) is 2.26. The minimum Gasteiger partial charge on any atom is -0.316 e. The molecule has 3 rings (SSSR count). The molecule has 0 spiro atoms. The maximum atomic E-state index is 13.3. The molecule has 1 heterocycles. The van der Waals surface area contributed by atoms with Crippen molar-refractivity contribution in [3.05, 3.63) is 59.7 Å². The van der Waals surface area contributed by atoms with Crippen LogP contribution in [0.15, 0.2) is 54.1 Å². The molecule has 1 N–H and O–H groups in total. The van der Waals surface area contributed by atoms with Crippen molar-refractivity contribution in [1.82, 2.24) is 10.2 Å². The molecule has 2 nitrogen and oxygen atoms in total. The maximum absolute atomic E-state index is 13.3. The summed E-state index contributed by atoms with van der Waals surface area (Å²) in [7, 11) is 2.03. The third kappa shape index (κ3) is 5.79. The average Bonchev–Trinajstić information content (AvgIpc) is 3.06. The van der Waals surface area contributed by atoms with Gasteiger partial charge in [-0.15, -0.1) is 0 Å². The highest BCUT2D eigenvalue weighted by Gasteiger charge is 2.24. The van der Waals surface area contributed by atoms with Crippen molar-refractivity contribution in [1.29, 1.82) is 0 Å². The largest absolute Gasteiger partial charge is 0.316 e. The topological polar surface area (TPSA) is 15.3 Å². The molecule has 2 aliphatic rings. The van der Waals surface area contributed by atoms with Crippen LogP contribution in [0, 0.1) is 5.92 Å². The van der Waals surface area contributed by atoms with Gasteiger partial charge in [-0.2, -0.15) is 0 Å². The highest BCUT2D eigenvalue weighted by atomic mass is 19.1. The van der Waals surface area contributed by atoms with Crippen LogP contribution in [0.1, 0.15) is 31.2 Å². The zero-order chi connectivity index (χ0) is 17.5. The van der Waals surface area contributed by atoms with Gasteiger partial charge in [0.25, 0.3) is 0 Å². The van der Waals surface area contributed by atoms with Gasteiger partial charge < -0.3 is 5.32 Å². The molecule has 0 saturated carbocycles. The number of likely N-dealkylation sites (N-methyl/N-ethyl adjacent to an activating group) is 1. The van der Waals surface area contributed by atoms with E-state index in [0.717, 1.165) is 38.8 Å². The fourth-order valence-electron chi connectivity index (χ4n) is 3.91. The Hall–Kier alpha value is -1.45. The van der Waals surface area contributed by atoms with Crippen LogP contribution >= 0.6 is 0 Å². The zero-order valence-electron chi connectivity index (χ0n) is 15.3. The molecule has 3 heteroatoms. The van der Waals surface area contributed by atoms with Gasteiger partial charge in [0.2, 0.25) is 0 Å². The molecule has 1 fully saturated rings. The summed E-state index contributed by atoms with van der Waals surface area (Å²) < 4.78 is 13.3. The van der Waals surface area contributed by atoms with Gasteiger partial charge in [0, 0.05) is 25.7 Å². The van der Waals surface area contributed by atoms with Crippen molar-refractivity contribution in [3.63, 3.8) is 0 Å². The predicted octanol–water partition coefficient (Wildman–Crippen LogP) is 4.14. The first-order chi connectivity index (χ1) is 12.2. The molecule has 1 aromatic carbocycles. The van der Waals surface area contributed by atoms with Gasteiger partial charge >= 0.3 is 0 Å². The van der Waals surface area contributed by atoms with Crippen LogP contribution < -0.4 is 5.32 Å². The first kappa shape index (κ1) is 18.3. The first-order valence-corrected chi connectivity index (χ1v) is 9.68. The standard InChI is InChI=1S/C22H31FN2/c1-24-22(17-25-14-13-21(23)16-25)15-20-11-9-19(10-12-20)8-7-18-5-3-2-4-6-18/h2-6,9-11,20-22,24H,7-8,12-17H2,1H3. The summed E-state index contributed by atoms with van der Waals surface area (Å²) in [6.07, 6.45) is 11.7. The molecular weight excluding hydrogens is 311 g/mol. The van der Waals surface area contributed by atoms with Crippen LogP contribution in [0.2, 0.25) is 0 Å². The third-order valence-electron chi connectivity index (χ3n) is 5.50. The summed E-state index contributed by atoms with van der Waals surface area (Å²) in [6, 6.07) is 11.1. The lowest BCUT2D eigenvalue weighted by molar-refractivity contribution is 0.253. The fraction of sp³-hybridized carbons (Fsp3) is 0.545. The number of rotatable bonds is 8.